The fourth-order valence-electron chi connectivity index (χ4n) is 0.916. The average molecular weight is 233 g/mol. The van der Waals surface area contributed by atoms with Crippen LogP contribution in [-0.2, 0) is 6.54 Å². The maximum atomic E-state index is 5.92. The topological polar surface area (TPSA) is 62.4 Å². The number of thiophene rings is 1. The van der Waals surface area contributed by atoms with Gasteiger partial charge in [0.1, 0.15) is 0 Å². The lowest BCUT2D eigenvalue weighted by Gasteiger charge is -2.05. The van der Waals surface area contributed by atoms with Crippen molar-refractivity contribution in [3.63, 3.8) is 0 Å². The molecule has 4 N–H and O–H groups in total. The normalized spacial score (nSPS) is 11.5. The minimum Gasteiger partial charge on any atom is -0.356 e. The fraction of sp³-hybridized carbons (Fsp3) is 0.375. The number of nitrogens with two attached hydrogens (primary N) is 1. The zero-order chi connectivity index (χ0) is 10.4. The van der Waals surface area contributed by atoms with Gasteiger partial charge in [0.2, 0.25) is 5.96 Å². The molecule has 0 aliphatic heterocycles. The van der Waals surface area contributed by atoms with Crippen molar-refractivity contribution >= 4 is 28.9 Å². The van der Waals surface area contributed by atoms with E-state index in [0.717, 1.165) is 16.4 Å². The minimum atomic E-state index is 0.537. The molecule has 0 atom stereocenters. The summed E-state index contributed by atoms with van der Waals surface area (Å²) in [5, 5.41) is 4.93. The molecule has 4 nitrogen and oxygen atoms in total. The largest absolute Gasteiger partial charge is 0.356 e. The van der Waals surface area contributed by atoms with Gasteiger partial charge in [-0.15, -0.1) is 11.3 Å². The van der Waals surface area contributed by atoms with E-state index in [0.29, 0.717) is 12.5 Å². The molecule has 14 heavy (non-hydrogen) atoms. The Balaban J connectivity index is 2.56. The van der Waals surface area contributed by atoms with E-state index in [9.17, 15) is 0 Å². The third-order valence-electron chi connectivity index (χ3n) is 1.58. The predicted octanol–water partition coefficient (Wildman–Crippen LogP) is 1.33. The zero-order valence-electron chi connectivity index (χ0n) is 7.88. The molecule has 0 saturated heterocycles. The van der Waals surface area contributed by atoms with Crippen molar-refractivity contribution in [3.8, 4) is 0 Å². The molecule has 6 heteroatoms. The molecule has 1 heterocycles. The van der Waals surface area contributed by atoms with E-state index in [4.69, 9.17) is 17.4 Å². The number of rotatable bonds is 3. The van der Waals surface area contributed by atoms with Crippen LogP contribution in [0.5, 0.6) is 0 Å². The van der Waals surface area contributed by atoms with Crippen LogP contribution in [0.15, 0.2) is 16.4 Å². The first kappa shape index (κ1) is 11.3. The number of nitrogens with one attached hydrogen (secondary N) is 2. The number of hydrogen-bond donors (Lipinski definition) is 3. The summed E-state index contributed by atoms with van der Waals surface area (Å²) >= 11 is 7.42. The highest BCUT2D eigenvalue weighted by Crippen LogP contribution is 2.22. The lowest BCUT2D eigenvalue weighted by molar-refractivity contribution is 0.853. The van der Waals surface area contributed by atoms with E-state index in [1.54, 1.807) is 0 Å². The van der Waals surface area contributed by atoms with Gasteiger partial charge < -0.3 is 5.32 Å². The molecular weight excluding hydrogens is 220 g/mol. The van der Waals surface area contributed by atoms with E-state index in [2.05, 4.69) is 15.7 Å². The van der Waals surface area contributed by atoms with Crippen molar-refractivity contribution in [1.82, 2.24) is 10.7 Å². The maximum Gasteiger partial charge on any atom is 0.206 e. The van der Waals surface area contributed by atoms with E-state index in [1.807, 2.05) is 18.4 Å². The van der Waals surface area contributed by atoms with Crippen molar-refractivity contribution in [2.45, 2.75) is 13.5 Å². The van der Waals surface area contributed by atoms with Gasteiger partial charge in [-0.3, -0.25) is 5.43 Å². The van der Waals surface area contributed by atoms with E-state index >= 15 is 0 Å². The van der Waals surface area contributed by atoms with Crippen LogP contribution in [0.3, 0.4) is 0 Å². The van der Waals surface area contributed by atoms with E-state index in [-0.39, 0.29) is 0 Å². The first-order chi connectivity index (χ1) is 6.77. The summed E-state index contributed by atoms with van der Waals surface area (Å²) in [6, 6.07) is 1.95. The van der Waals surface area contributed by atoms with Crippen LogP contribution in [0.4, 0.5) is 0 Å². The van der Waals surface area contributed by atoms with E-state index in [1.165, 1.54) is 11.3 Å². The van der Waals surface area contributed by atoms with Crippen LogP contribution in [0.1, 0.15) is 12.5 Å². The summed E-state index contributed by atoms with van der Waals surface area (Å²) in [6.45, 7) is 3.29. The second-order valence-corrected chi connectivity index (χ2v) is 4.08. The molecule has 0 saturated carbocycles. The third-order valence-corrected chi connectivity index (χ3v) is 2.83. The zero-order valence-corrected chi connectivity index (χ0v) is 9.45. The number of guanidine groups is 1. The number of aliphatic imine (C=N–C) groups is 1. The van der Waals surface area contributed by atoms with Crippen molar-refractivity contribution in [1.29, 1.82) is 0 Å². The van der Waals surface area contributed by atoms with Gasteiger partial charge in [0, 0.05) is 12.1 Å². The summed E-state index contributed by atoms with van der Waals surface area (Å²) in [5.74, 6) is 5.84. The molecule has 1 aromatic heterocycles. The predicted molar refractivity (Wildman–Crippen MR) is 61.5 cm³/mol. The average Bonchev–Trinajstić information content (AvgIpc) is 2.59. The Labute approximate surface area is 92.1 Å². The van der Waals surface area contributed by atoms with E-state index < -0.39 is 0 Å². The van der Waals surface area contributed by atoms with Crippen molar-refractivity contribution in [2.24, 2.45) is 10.8 Å². The molecular formula is C8H13ClN4S. The van der Waals surface area contributed by atoms with Crippen LogP contribution in [0.25, 0.3) is 0 Å². The summed E-state index contributed by atoms with van der Waals surface area (Å²) < 4.78 is 0.779. The quantitative estimate of drug-likeness (QED) is 0.319. The molecule has 0 aliphatic rings. The summed E-state index contributed by atoms with van der Waals surface area (Å²) in [6.07, 6.45) is 0. The first-order valence-electron chi connectivity index (χ1n) is 4.24. The van der Waals surface area contributed by atoms with Crippen molar-refractivity contribution in [2.75, 3.05) is 6.54 Å². The van der Waals surface area contributed by atoms with Gasteiger partial charge in [0.25, 0.3) is 0 Å². The molecule has 0 radical (unpaired) electrons. The Hall–Kier alpha value is -0.780. The number of halogens is 1. The monoisotopic (exact) mass is 232 g/mol. The molecule has 0 spiro atoms. The molecule has 1 aromatic rings. The van der Waals surface area contributed by atoms with Crippen LogP contribution >= 0.6 is 22.9 Å². The Morgan fingerprint density at radius 2 is 2.50 bits per heavy atom. The van der Waals surface area contributed by atoms with Crippen LogP contribution in [0.2, 0.25) is 4.34 Å². The lowest BCUT2D eigenvalue weighted by Crippen LogP contribution is -2.41. The number of hydrazine groups is 1. The van der Waals surface area contributed by atoms with Crippen molar-refractivity contribution < 1.29 is 0 Å². The van der Waals surface area contributed by atoms with Crippen LogP contribution in [0, 0.1) is 0 Å². The van der Waals surface area contributed by atoms with Gasteiger partial charge >= 0.3 is 0 Å². The number of hydrogen-bond acceptors (Lipinski definition) is 3. The van der Waals surface area contributed by atoms with Gasteiger partial charge in [-0.1, -0.05) is 11.6 Å². The Morgan fingerprint density at radius 3 is 3.00 bits per heavy atom. The van der Waals surface area contributed by atoms with Crippen LogP contribution < -0.4 is 16.6 Å². The Morgan fingerprint density at radius 1 is 1.71 bits per heavy atom. The summed E-state index contributed by atoms with van der Waals surface area (Å²) in [4.78, 5) is 4.23. The Bertz CT molecular complexity index is 310. The van der Waals surface area contributed by atoms with Crippen molar-refractivity contribution in [3.05, 3.63) is 21.3 Å². The maximum absolute atomic E-state index is 5.92. The summed E-state index contributed by atoms with van der Waals surface area (Å²) in [5.41, 5.74) is 3.50. The summed E-state index contributed by atoms with van der Waals surface area (Å²) in [7, 11) is 0. The Kier molecular flexibility index (Phi) is 4.72. The van der Waals surface area contributed by atoms with Gasteiger partial charge in [-0.2, -0.15) is 0 Å². The van der Waals surface area contributed by atoms with Gasteiger partial charge in [-0.05, 0) is 18.4 Å². The minimum absolute atomic E-state index is 0.537. The molecule has 0 amide bonds. The third kappa shape index (κ3) is 3.17. The smallest absolute Gasteiger partial charge is 0.206 e. The van der Waals surface area contributed by atoms with Gasteiger partial charge in [0.15, 0.2) is 0 Å². The molecule has 1 rings (SSSR count). The molecule has 0 aromatic carbocycles. The highest BCUT2D eigenvalue weighted by Gasteiger charge is 2.00. The van der Waals surface area contributed by atoms with Crippen LogP contribution in [-0.4, -0.2) is 12.5 Å². The molecule has 0 bridgehead atoms. The van der Waals surface area contributed by atoms with Gasteiger partial charge in [-0.25, -0.2) is 10.8 Å². The lowest BCUT2D eigenvalue weighted by atomic mass is 10.3. The highest BCUT2D eigenvalue weighted by molar-refractivity contribution is 7.14. The molecule has 0 unspecified atom stereocenters. The fourth-order valence-corrected chi connectivity index (χ4v) is 1.83. The highest BCUT2D eigenvalue weighted by atomic mass is 35.5. The second-order valence-electron chi connectivity index (χ2n) is 2.56. The standard InChI is InChI=1S/C8H13ClN4S/c1-2-11-8(13-10)12-5-6-3-4-14-7(6)9/h3-4H,2,5,10H2,1H3,(H2,11,12,13). The first-order valence-corrected chi connectivity index (χ1v) is 5.50. The second kappa shape index (κ2) is 5.85. The molecule has 78 valence electrons. The SMILES string of the molecule is CCNC(=NCc1ccsc1Cl)NN. The number of nitrogens with zero attached hydrogens (tertiary/aromatic N) is 1. The van der Waals surface area contributed by atoms with Gasteiger partial charge in [0.05, 0.1) is 10.9 Å². The molecule has 0 fully saturated rings. The molecule has 0 aliphatic carbocycles.